The van der Waals surface area contributed by atoms with E-state index in [1.165, 1.54) is 0 Å². The number of benzene rings is 1. The standard InChI is InChI=1S/C16H24N2O3.ClH/c1-4-21-13-7-5-12(6-8-13)14(19)9-10-15(20)18-16(2,3)11-17;/h5-8H,4,9-11,17H2,1-3H3,(H,18,20);1H. The maximum Gasteiger partial charge on any atom is 0.220 e. The first kappa shape index (κ1) is 20.4. The smallest absolute Gasteiger partial charge is 0.220 e. The summed E-state index contributed by atoms with van der Waals surface area (Å²) in [6.45, 7) is 6.54. The molecule has 22 heavy (non-hydrogen) atoms. The van der Waals surface area contributed by atoms with Crippen LogP contribution in [0.1, 0.15) is 44.0 Å². The van der Waals surface area contributed by atoms with Gasteiger partial charge in [-0.3, -0.25) is 9.59 Å². The molecule has 1 amide bonds. The number of rotatable bonds is 8. The van der Waals surface area contributed by atoms with Gasteiger partial charge in [-0.2, -0.15) is 0 Å². The van der Waals surface area contributed by atoms with Crippen molar-refractivity contribution in [1.82, 2.24) is 5.32 Å². The van der Waals surface area contributed by atoms with E-state index in [0.717, 1.165) is 5.75 Å². The summed E-state index contributed by atoms with van der Waals surface area (Å²) in [6, 6.07) is 6.95. The number of halogens is 1. The highest BCUT2D eigenvalue weighted by Gasteiger charge is 2.18. The minimum atomic E-state index is -0.445. The summed E-state index contributed by atoms with van der Waals surface area (Å²) < 4.78 is 5.32. The van der Waals surface area contributed by atoms with Crippen LogP contribution in [0.3, 0.4) is 0 Å². The van der Waals surface area contributed by atoms with E-state index in [1.54, 1.807) is 24.3 Å². The molecule has 0 aromatic heterocycles. The molecule has 0 aliphatic heterocycles. The highest BCUT2D eigenvalue weighted by atomic mass is 35.5. The zero-order valence-corrected chi connectivity index (χ0v) is 14.2. The Labute approximate surface area is 138 Å². The number of amides is 1. The van der Waals surface area contributed by atoms with Crippen molar-refractivity contribution in [3.63, 3.8) is 0 Å². The lowest BCUT2D eigenvalue weighted by atomic mass is 10.0. The van der Waals surface area contributed by atoms with Crippen LogP contribution in [0.4, 0.5) is 0 Å². The predicted molar refractivity (Wildman–Crippen MR) is 89.7 cm³/mol. The molecule has 6 heteroatoms. The number of ether oxygens (including phenoxy) is 1. The molecule has 0 fully saturated rings. The van der Waals surface area contributed by atoms with E-state index in [-0.39, 0.29) is 36.9 Å². The van der Waals surface area contributed by atoms with Gasteiger partial charge in [-0.25, -0.2) is 0 Å². The molecule has 0 bridgehead atoms. The van der Waals surface area contributed by atoms with Gasteiger partial charge in [0.05, 0.1) is 6.61 Å². The normalized spacial score (nSPS) is 10.5. The third-order valence-electron chi connectivity index (χ3n) is 3.05. The monoisotopic (exact) mass is 328 g/mol. The van der Waals surface area contributed by atoms with Crippen molar-refractivity contribution < 1.29 is 14.3 Å². The number of hydrogen-bond donors (Lipinski definition) is 2. The van der Waals surface area contributed by atoms with E-state index in [4.69, 9.17) is 10.5 Å². The van der Waals surface area contributed by atoms with Crippen molar-refractivity contribution >= 4 is 24.1 Å². The number of nitrogens with two attached hydrogens (primary N) is 1. The van der Waals surface area contributed by atoms with Gasteiger partial charge in [-0.05, 0) is 45.0 Å². The van der Waals surface area contributed by atoms with Crippen molar-refractivity contribution in [2.24, 2.45) is 5.73 Å². The first-order valence-corrected chi connectivity index (χ1v) is 7.15. The second kappa shape index (κ2) is 9.43. The van der Waals surface area contributed by atoms with E-state index in [0.29, 0.717) is 18.7 Å². The van der Waals surface area contributed by atoms with Crippen LogP contribution in [-0.4, -0.2) is 30.4 Å². The van der Waals surface area contributed by atoms with Crippen LogP contribution in [0, 0.1) is 0 Å². The zero-order chi connectivity index (χ0) is 15.9. The number of Topliss-reactive ketones (excluding diaryl/α,β-unsaturated/α-hetero) is 1. The minimum Gasteiger partial charge on any atom is -0.494 e. The van der Waals surface area contributed by atoms with Gasteiger partial charge in [0.2, 0.25) is 5.91 Å². The fourth-order valence-corrected chi connectivity index (χ4v) is 1.77. The molecule has 1 rings (SSSR count). The van der Waals surface area contributed by atoms with Crippen LogP contribution >= 0.6 is 12.4 Å². The van der Waals surface area contributed by atoms with Gasteiger partial charge in [0.15, 0.2) is 5.78 Å². The van der Waals surface area contributed by atoms with E-state index in [2.05, 4.69) is 5.32 Å². The number of ketones is 1. The van der Waals surface area contributed by atoms with Crippen molar-refractivity contribution in [3.05, 3.63) is 29.8 Å². The van der Waals surface area contributed by atoms with Crippen LogP contribution in [0.5, 0.6) is 5.75 Å². The summed E-state index contributed by atoms with van der Waals surface area (Å²) in [7, 11) is 0. The Balaban J connectivity index is 0.00000441. The highest BCUT2D eigenvalue weighted by molar-refractivity contribution is 5.98. The lowest BCUT2D eigenvalue weighted by Gasteiger charge is -2.24. The molecule has 0 unspecified atom stereocenters. The molecule has 0 radical (unpaired) electrons. The third kappa shape index (κ3) is 6.91. The molecule has 1 aromatic rings. The topological polar surface area (TPSA) is 81.4 Å². The van der Waals surface area contributed by atoms with Gasteiger partial charge in [0.25, 0.3) is 0 Å². The van der Waals surface area contributed by atoms with Crippen LogP contribution in [0.2, 0.25) is 0 Å². The highest BCUT2D eigenvalue weighted by Crippen LogP contribution is 2.14. The molecule has 3 N–H and O–H groups in total. The van der Waals surface area contributed by atoms with E-state index in [1.807, 2.05) is 20.8 Å². The Morgan fingerprint density at radius 2 is 1.77 bits per heavy atom. The molecule has 0 saturated heterocycles. The van der Waals surface area contributed by atoms with Gasteiger partial charge in [0.1, 0.15) is 5.75 Å². The molecule has 5 nitrogen and oxygen atoms in total. The summed E-state index contributed by atoms with van der Waals surface area (Å²) in [6.07, 6.45) is 0.343. The maximum atomic E-state index is 12.0. The van der Waals surface area contributed by atoms with Gasteiger partial charge in [-0.15, -0.1) is 12.4 Å². The quantitative estimate of drug-likeness (QED) is 0.718. The van der Waals surface area contributed by atoms with Crippen molar-refractivity contribution in [1.29, 1.82) is 0 Å². The average Bonchev–Trinajstić information content (AvgIpc) is 2.45. The van der Waals surface area contributed by atoms with Crippen LogP contribution in [-0.2, 0) is 4.79 Å². The predicted octanol–water partition coefficient (Wildman–Crippen LogP) is 2.32. The molecular formula is C16H25ClN2O3. The van der Waals surface area contributed by atoms with Crippen molar-refractivity contribution in [3.8, 4) is 5.75 Å². The molecular weight excluding hydrogens is 304 g/mol. The Bertz CT molecular complexity index is 487. The molecule has 0 aliphatic rings. The summed E-state index contributed by atoms with van der Waals surface area (Å²) in [5.74, 6) is 0.514. The third-order valence-corrected chi connectivity index (χ3v) is 3.05. The second-order valence-electron chi connectivity index (χ2n) is 5.52. The van der Waals surface area contributed by atoms with Gasteiger partial charge in [0, 0.05) is 30.5 Å². The van der Waals surface area contributed by atoms with E-state index in [9.17, 15) is 9.59 Å². The largest absolute Gasteiger partial charge is 0.494 e. The molecule has 1 aromatic carbocycles. The van der Waals surface area contributed by atoms with E-state index < -0.39 is 5.54 Å². The summed E-state index contributed by atoms with van der Waals surface area (Å²) in [5.41, 5.74) is 5.69. The SMILES string of the molecule is CCOc1ccc(C(=O)CCC(=O)NC(C)(C)CN)cc1.Cl. The first-order valence-electron chi connectivity index (χ1n) is 7.15. The van der Waals surface area contributed by atoms with Crippen molar-refractivity contribution in [2.45, 2.75) is 39.2 Å². The summed E-state index contributed by atoms with van der Waals surface area (Å²) in [5, 5.41) is 2.80. The van der Waals surface area contributed by atoms with Gasteiger partial charge < -0.3 is 15.8 Å². The molecule has 124 valence electrons. The Kier molecular flexibility index (Phi) is 8.75. The molecule has 0 atom stereocenters. The van der Waals surface area contributed by atoms with Gasteiger partial charge >= 0.3 is 0 Å². The Morgan fingerprint density at radius 3 is 2.27 bits per heavy atom. The lowest BCUT2D eigenvalue weighted by molar-refractivity contribution is -0.122. The van der Waals surface area contributed by atoms with Gasteiger partial charge in [-0.1, -0.05) is 0 Å². The van der Waals surface area contributed by atoms with E-state index >= 15 is 0 Å². The second-order valence-corrected chi connectivity index (χ2v) is 5.52. The number of hydrogen-bond acceptors (Lipinski definition) is 4. The molecule has 0 aliphatic carbocycles. The fourth-order valence-electron chi connectivity index (χ4n) is 1.77. The van der Waals surface area contributed by atoms with Crippen molar-refractivity contribution in [2.75, 3.05) is 13.2 Å². The Hall–Kier alpha value is -1.59. The van der Waals surface area contributed by atoms with Crippen LogP contribution in [0.25, 0.3) is 0 Å². The first-order chi connectivity index (χ1) is 9.88. The number of carbonyl (C=O) groups is 2. The van der Waals surface area contributed by atoms with Crippen LogP contribution < -0.4 is 15.8 Å². The zero-order valence-electron chi connectivity index (χ0n) is 13.3. The average molecular weight is 329 g/mol. The molecule has 0 heterocycles. The fraction of sp³-hybridized carbons (Fsp3) is 0.500. The Morgan fingerprint density at radius 1 is 1.18 bits per heavy atom. The summed E-state index contributed by atoms with van der Waals surface area (Å²) >= 11 is 0. The number of nitrogens with one attached hydrogen (secondary N) is 1. The number of carbonyl (C=O) groups excluding carboxylic acids is 2. The maximum absolute atomic E-state index is 12.0. The molecule has 0 spiro atoms. The molecule has 0 saturated carbocycles. The lowest BCUT2D eigenvalue weighted by Crippen LogP contribution is -2.48. The van der Waals surface area contributed by atoms with Crippen LogP contribution in [0.15, 0.2) is 24.3 Å². The summed E-state index contributed by atoms with van der Waals surface area (Å²) in [4.78, 5) is 23.8. The minimum absolute atomic E-state index is 0.